The third-order valence-electron chi connectivity index (χ3n) is 4.38. The zero-order valence-electron chi connectivity index (χ0n) is 10.7. The van der Waals surface area contributed by atoms with Crippen molar-refractivity contribution in [2.75, 3.05) is 25.0 Å². The molecule has 2 fully saturated rings. The second kappa shape index (κ2) is 4.58. The van der Waals surface area contributed by atoms with E-state index in [-0.39, 0.29) is 0 Å². The van der Waals surface area contributed by atoms with E-state index < -0.39 is 0 Å². The molecule has 3 heterocycles. The standard InChI is InChI=1S/C14H18N4/c1-17-12-4-5-14(17)10-18(7-6-12)13-3-2-11(8-15)16-9-13/h2-3,9,12,14H,4-7,10H2,1H3. The zero-order chi connectivity index (χ0) is 12.5. The molecule has 2 aliphatic heterocycles. The highest BCUT2D eigenvalue weighted by Crippen LogP contribution is 2.30. The maximum Gasteiger partial charge on any atom is 0.140 e. The first-order chi connectivity index (χ1) is 8.78. The molecule has 4 nitrogen and oxygen atoms in total. The average Bonchev–Trinajstić information content (AvgIpc) is 2.64. The number of aromatic nitrogens is 1. The molecule has 4 heteroatoms. The monoisotopic (exact) mass is 242 g/mol. The second-order valence-electron chi connectivity index (χ2n) is 5.30. The maximum absolute atomic E-state index is 8.77. The number of likely N-dealkylation sites (N-methyl/N-ethyl adjacent to an activating group) is 1. The third kappa shape index (κ3) is 1.95. The van der Waals surface area contributed by atoms with E-state index in [1.165, 1.54) is 19.3 Å². The first kappa shape index (κ1) is 11.5. The van der Waals surface area contributed by atoms with Crippen LogP contribution in [0.4, 0.5) is 5.69 Å². The summed E-state index contributed by atoms with van der Waals surface area (Å²) in [6.07, 6.45) is 5.71. The predicted octanol–water partition coefficient (Wildman–Crippen LogP) is 1.63. The molecule has 2 saturated heterocycles. The largest absolute Gasteiger partial charge is 0.369 e. The Labute approximate surface area is 108 Å². The number of hydrogen-bond acceptors (Lipinski definition) is 4. The van der Waals surface area contributed by atoms with Gasteiger partial charge in [-0.25, -0.2) is 4.98 Å². The summed E-state index contributed by atoms with van der Waals surface area (Å²) in [4.78, 5) is 9.12. The van der Waals surface area contributed by atoms with Gasteiger partial charge in [0, 0.05) is 25.2 Å². The first-order valence-electron chi connectivity index (χ1n) is 6.61. The lowest BCUT2D eigenvalue weighted by atomic mass is 10.1. The van der Waals surface area contributed by atoms with E-state index in [4.69, 9.17) is 5.26 Å². The van der Waals surface area contributed by atoms with Crippen molar-refractivity contribution >= 4 is 5.69 Å². The molecule has 0 aliphatic carbocycles. The van der Waals surface area contributed by atoms with Gasteiger partial charge in [-0.15, -0.1) is 0 Å². The molecule has 0 radical (unpaired) electrons. The van der Waals surface area contributed by atoms with Crippen molar-refractivity contribution in [3.05, 3.63) is 24.0 Å². The molecule has 2 atom stereocenters. The highest BCUT2D eigenvalue weighted by Gasteiger charge is 2.34. The van der Waals surface area contributed by atoms with Crippen LogP contribution >= 0.6 is 0 Å². The average molecular weight is 242 g/mol. The van der Waals surface area contributed by atoms with Crippen LogP contribution in [0.2, 0.25) is 0 Å². The van der Waals surface area contributed by atoms with Crippen LogP contribution < -0.4 is 4.90 Å². The van der Waals surface area contributed by atoms with Crippen molar-refractivity contribution in [2.45, 2.75) is 31.3 Å². The van der Waals surface area contributed by atoms with Crippen LogP contribution in [0, 0.1) is 11.3 Å². The van der Waals surface area contributed by atoms with E-state index in [1.807, 2.05) is 18.3 Å². The van der Waals surface area contributed by atoms with Crippen molar-refractivity contribution in [1.29, 1.82) is 5.26 Å². The van der Waals surface area contributed by atoms with Crippen LogP contribution in [-0.2, 0) is 0 Å². The molecule has 1 aromatic heterocycles. The molecule has 2 bridgehead atoms. The van der Waals surface area contributed by atoms with Crippen molar-refractivity contribution in [3.63, 3.8) is 0 Å². The summed E-state index contributed by atoms with van der Waals surface area (Å²) >= 11 is 0. The van der Waals surface area contributed by atoms with Crippen LogP contribution in [-0.4, -0.2) is 42.1 Å². The second-order valence-corrected chi connectivity index (χ2v) is 5.30. The number of hydrogen-bond donors (Lipinski definition) is 0. The normalized spacial score (nSPS) is 27.9. The molecule has 0 spiro atoms. The number of pyridine rings is 1. The van der Waals surface area contributed by atoms with Gasteiger partial charge in [0.1, 0.15) is 11.8 Å². The summed E-state index contributed by atoms with van der Waals surface area (Å²) in [5.74, 6) is 0. The zero-order valence-corrected chi connectivity index (χ0v) is 10.7. The minimum atomic E-state index is 0.493. The van der Waals surface area contributed by atoms with E-state index >= 15 is 0 Å². The number of anilines is 1. The minimum Gasteiger partial charge on any atom is -0.369 e. The van der Waals surface area contributed by atoms with E-state index in [9.17, 15) is 0 Å². The quantitative estimate of drug-likeness (QED) is 0.750. The molecular formula is C14H18N4. The molecule has 3 rings (SSSR count). The first-order valence-corrected chi connectivity index (χ1v) is 6.61. The van der Waals surface area contributed by atoms with Crippen LogP contribution in [0.5, 0.6) is 0 Å². The van der Waals surface area contributed by atoms with Gasteiger partial charge in [-0.05, 0) is 38.4 Å². The minimum absolute atomic E-state index is 0.493. The van der Waals surface area contributed by atoms with Gasteiger partial charge in [-0.1, -0.05) is 0 Å². The molecule has 18 heavy (non-hydrogen) atoms. The van der Waals surface area contributed by atoms with E-state index in [0.717, 1.165) is 24.8 Å². The van der Waals surface area contributed by atoms with Crippen molar-refractivity contribution in [2.24, 2.45) is 0 Å². The van der Waals surface area contributed by atoms with E-state index in [1.54, 1.807) is 0 Å². The van der Waals surface area contributed by atoms with Gasteiger partial charge >= 0.3 is 0 Å². The molecule has 2 aliphatic rings. The molecule has 0 saturated carbocycles. The van der Waals surface area contributed by atoms with Gasteiger partial charge in [0.25, 0.3) is 0 Å². The molecule has 2 unspecified atom stereocenters. The fraction of sp³-hybridized carbons (Fsp3) is 0.571. The number of nitrogens with zero attached hydrogens (tertiary/aromatic N) is 4. The van der Waals surface area contributed by atoms with Gasteiger partial charge in [0.15, 0.2) is 0 Å². The number of fused-ring (bicyclic) bond motifs is 2. The molecule has 1 aromatic rings. The Bertz CT molecular complexity index is 462. The van der Waals surface area contributed by atoms with Crippen molar-refractivity contribution in [1.82, 2.24) is 9.88 Å². The highest BCUT2D eigenvalue weighted by molar-refractivity contribution is 5.46. The van der Waals surface area contributed by atoms with Crippen LogP contribution in [0.25, 0.3) is 0 Å². The highest BCUT2D eigenvalue weighted by atomic mass is 15.3. The Kier molecular flexibility index (Phi) is 2.92. The van der Waals surface area contributed by atoms with Crippen LogP contribution in [0.3, 0.4) is 0 Å². The van der Waals surface area contributed by atoms with Gasteiger partial charge in [-0.3, -0.25) is 4.90 Å². The van der Waals surface area contributed by atoms with Crippen molar-refractivity contribution in [3.8, 4) is 6.07 Å². The Balaban J connectivity index is 1.78. The van der Waals surface area contributed by atoms with Gasteiger partial charge in [0.05, 0.1) is 11.9 Å². The van der Waals surface area contributed by atoms with E-state index in [2.05, 4.69) is 27.9 Å². The van der Waals surface area contributed by atoms with Gasteiger partial charge in [0.2, 0.25) is 0 Å². The summed E-state index contributed by atoms with van der Waals surface area (Å²) in [6, 6.07) is 7.32. The summed E-state index contributed by atoms with van der Waals surface area (Å²) < 4.78 is 0. The maximum atomic E-state index is 8.77. The molecule has 0 amide bonds. The third-order valence-corrected chi connectivity index (χ3v) is 4.38. The van der Waals surface area contributed by atoms with Gasteiger partial charge < -0.3 is 4.90 Å². The predicted molar refractivity (Wildman–Crippen MR) is 70.4 cm³/mol. The van der Waals surface area contributed by atoms with Crippen molar-refractivity contribution < 1.29 is 0 Å². The smallest absolute Gasteiger partial charge is 0.140 e. The summed E-state index contributed by atoms with van der Waals surface area (Å²) in [6.45, 7) is 2.18. The summed E-state index contributed by atoms with van der Waals surface area (Å²) in [5.41, 5.74) is 1.64. The lowest BCUT2D eigenvalue weighted by molar-refractivity contribution is 0.254. The van der Waals surface area contributed by atoms with Crippen LogP contribution in [0.1, 0.15) is 25.0 Å². The molecule has 94 valence electrons. The summed E-state index contributed by atoms with van der Waals surface area (Å²) in [5, 5.41) is 8.77. The Morgan fingerprint density at radius 3 is 2.83 bits per heavy atom. The fourth-order valence-corrected chi connectivity index (χ4v) is 3.18. The Morgan fingerprint density at radius 1 is 1.28 bits per heavy atom. The number of nitriles is 1. The SMILES string of the molecule is CN1C2CCC1CN(c1ccc(C#N)nc1)CC2. The number of rotatable bonds is 1. The lowest BCUT2D eigenvalue weighted by Crippen LogP contribution is -2.36. The Morgan fingerprint density at radius 2 is 2.11 bits per heavy atom. The van der Waals surface area contributed by atoms with Gasteiger partial charge in [-0.2, -0.15) is 5.26 Å². The van der Waals surface area contributed by atoms with E-state index in [0.29, 0.717) is 11.7 Å². The molecule has 0 N–H and O–H groups in total. The summed E-state index contributed by atoms with van der Waals surface area (Å²) in [7, 11) is 2.25. The molecular weight excluding hydrogens is 224 g/mol. The topological polar surface area (TPSA) is 43.2 Å². The molecule has 0 aromatic carbocycles. The Hall–Kier alpha value is -1.60. The lowest BCUT2D eigenvalue weighted by Gasteiger charge is -2.27. The fourth-order valence-electron chi connectivity index (χ4n) is 3.18. The van der Waals surface area contributed by atoms with Crippen LogP contribution in [0.15, 0.2) is 18.3 Å².